The Morgan fingerprint density at radius 2 is 2.03 bits per heavy atom. The lowest BCUT2D eigenvalue weighted by Crippen LogP contribution is -2.51. The van der Waals surface area contributed by atoms with E-state index < -0.39 is 0 Å². The molecule has 1 aromatic heterocycles. The Labute approximate surface area is 175 Å². The molecule has 0 N–H and O–H groups in total. The molecule has 2 heterocycles. The van der Waals surface area contributed by atoms with Crippen LogP contribution in [-0.4, -0.2) is 48.5 Å². The fourth-order valence-corrected chi connectivity index (χ4v) is 5.18. The number of thiazole rings is 1. The van der Waals surface area contributed by atoms with Crippen LogP contribution in [0.15, 0.2) is 36.4 Å². The third-order valence-corrected chi connectivity index (χ3v) is 6.38. The van der Waals surface area contributed by atoms with E-state index in [4.69, 9.17) is 9.72 Å². The number of aryl methyl sites for hydroxylation is 2. The highest BCUT2D eigenvalue weighted by atomic mass is 32.1. The minimum absolute atomic E-state index is 0.0975. The normalized spacial score (nSPS) is 17.6. The number of carbonyl (C=O) groups excluding carboxylic acids is 1. The summed E-state index contributed by atoms with van der Waals surface area (Å²) in [7, 11) is 0. The summed E-state index contributed by atoms with van der Waals surface area (Å²) in [5.74, 6) is 0.767. The number of nitrogens with zero attached hydrogens (tertiary/aromatic N) is 3. The number of hydrogen-bond acceptors (Lipinski definition) is 6. The summed E-state index contributed by atoms with van der Waals surface area (Å²) in [6.45, 7) is 10.4. The van der Waals surface area contributed by atoms with Gasteiger partial charge in [-0.05, 0) is 61.7 Å². The van der Waals surface area contributed by atoms with Crippen molar-refractivity contribution in [2.75, 3.05) is 31.1 Å². The van der Waals surface area contributed by atoms with E-state index in [-0.39, 0.29) is 6.61 Å². The van der Waals surface area contributed by atoms with E-state index >= 15 is 0 Å². The van der Waals surface area contributed by atoms with Crippen molar-refractivity contribution in [3.63, 3.8) is 0 Å². The zero-order valence-electron chi connectivity index (χ0n) is 17.2. The van der Waals surface area contributed by atoms with E-state index in [9.17, 15) is 4.79 Å². The summed E-state index contributed by atoms with van der Waals surface area (Å²) < 4.78 is 6.76. The van der Waals surface area contributed by atoms with Crippen LogP contribution in [0.25, 0.3) is 10.2 Å². The Hall–Kier alpha value is -2.44. The Bertz CT molecular complexity index is 1020. The maximum absolute atomic E-state index is 10.6. The molecule has 0 aliphatic carbocycles. The van der Waals surface area contributed by atoms with Crippen LogP contribution in [0.5, 0.6) is 5.75 Å². The van der Waals surface area contributed by atoms with Gasteiger partial charge in [0.15, 0.2) is 11.4 Å². The van der Waals surface area contributed by atoms with Crippen LogP contribution >= 0.6 is 11.3 Å². The summed E-state index contributed by atoms with van der Waals surface area (Å²) in [4.78, 5) is 20.4. The molecular weight excluding hydrogens is 382 g/mol. The molecule has 0 radical (unpaired) electrons. The fourth-order valence-electron chi connectivity index (χ4n) is 3.99. The van der Waals surface area contributed by atoms with Crippen LogP contribution in [0.4, 0.5) is 5.13 Å². The first kappa shape index (κ1) is 19.9. The molecule has 152 valence electrons. The highest BCUT2D eigenvalue weighted by Gasteiger charge is 2.26. The molecule has 6 heteroatoms. The average molecular weight is 410 g/mol. The summed E-state index contributed by atoms with van der Waals surface area (Å²) in [6, 6.07) is 13.1. The van der Waals surface area contributed by atoms with Gasteiger partial charge in [-0.25, -0.2) is 4.98 Å². The largest absolute Gasteiger partial charge is 0.486 e. The number of carbonyl (C=O) groups is 1. The number of aldehydes is 1. The number of hydrogen-bond donors (Lipinski definition) is 0. The van der Waals surface area contributed by atoms with Crippen molar-refractivity contribution < 1.29 is 9.53 Å². The maximum Gasteiger partial charge on any atom is 0.186 e. The van der Waals surface area contributed by atoms with Crippen molar-refractivity contribution in [1.29, 1.82) is 0 Å². The number of fused-ring (bicyclic) bond motifs is 1. The third kappa shape index (κ3) is 4.60. The predicted molar refractivity (Wildman–Crippen MR) is 119 cm³/mol. The maximum atomic E-state index is 10.6. The molecule has 0 bridgehead atoms. The van der Waals surface area contributed by atoms with Crippen LogP contribution in [0.2, 0.25) is 0 Å². The smallest absolute Gasteiger partial charge is 0.186 e. The first-order chi connectivity index (χ1) is 14.0. The second-order valence-electron chi connectivity index (χ2n) is 7.88. The highest BCUT2D eigenvalue weighted by Crippen LogP contribution is 2.32. The van der Waals surface area contributed by atoms with Crippen molar-refractivity contribution in [2.24, 2.45) is 0 Å². The summed E-state index contributed by atoms with van der Waals surface area (Å²) >= 11 is 1.79. The predicted octanol–water partition coefficient (Wildman–Crippen LogP) is 4.20. The molecular formula is C23H27N3O2S. The van der Waals surface area contributed by atoms with Crippen molar-refractivity contribution in [1.82, 2.24) is 9.88 Å². The molecule has 2 aromatic carbocycles. The minimum atomic E-state index is 0.0975. The SMILES string of the molecule is Cc1cc(CN2CCN(c3nc4ccc(C)cc4s3)[C@@H](C)C2)cc(OCC=O)c1. The highest BCUT2D eigenvalue weighted by molar-refractivity contribution is 7.22. The Kier molecular flexibility index (Phi) is 5.83. The second-order valence-corrected chi connectivity index (χ2v) is 8.89. The van der Waals surface area contributed by atoms with Gasteiger partial charge in [0, 0.05) is 32.2 Å². The number of piperazine rings is 1. The van der Waals surface area contributed by atoms with Gasteiger partial charge in [-0.3, -0.25) is 9.69 Å². The zero-order chi connectivity index (χ0) is 20.4. The van der Waals surface area contributed by atoms with E-state index in [1.54, 1.807) is 11.3 Å². The van der Waals surface area contributed by atoms with Gasteiger partial charge < -0.3 is 9.64 Å². The molecule has 0 saturated carbocycles. The van der Waals surface area contributed by atoms with Crippen molar-refractivity contribution >= 4 is 33.0 Å². The zero-order valence-corrected chi connectivity index (χ0v) is 18.0. The number of rotatable bonds is 6. The molecule has 5 nitrogen and oxygen atoms in total. The van der Waals surface area contributed by atoms with Crippen molar-refractivity contribution in [3.8, 4) is 5.75 Å². The van der Waals surface area contributed by atoms with Crippen LogP contribution < -0.4 is 9.64 Å². The van der Waals surface area contributed by atoms with Crippen LogP contribution in [-0.2, 0) is 11.3 Å². The molecule has 1 aliphatic heterocycles. The topological polar surface area (TPSA) is 45.7 Å². The number of ether oxygens (including phenoxy) is 1. The molecule has 0 amide bonds. The van der Waals surface area contributed by atoms with E-state index in [0.717, 1.165) is 54.4 Å². The van der Waals surface area contributed by atoms with Crippen LogP contribution in [0.3, 0.4) is 0 Å². The molecule has 3 aromatic rings. The van der Waals surface area contributed by atoms with Gasteiger partial charge in [-0.15, -0.1) is 0 Å². The third-order valence-electron chi connectivity index (χ3n) is 5.32. The van der Waals surface area contributed by atoms with E-state index in [1.807, 2.05) is 12.1 Å². The number of aromatic nitrogens is 1. The molecule has 0 unspecified atom stereocenters. The van der Waals surface area contributed by atoms with Crippen LogP contribution in [0.1, 0.15) is 23.6 Å². The minimum Gasteiger partial charge on any atom is -0.486 e. The standard InChI is InChI=1S/C23H27N3O2S/c1-16-4-5-21-22(12-16)29-23(24-21)26-7-6-25(14-18(26)3)15-19-10-17(2)11-20(13-19)28-9-8-27/h4-5,8,10-13,18H,6-7,9,14-15H2,1-3H3/t18-/m0/s1. The molecule has 29 heavy (non-hydrogen) atoms. The summed E-state index contributed by atoms with van der Waals surface area (Å²) in [5.41, 5.74) is 4.75. The van der Waals surface area contributed by atoms with Crippen LogP contribution in [0, 0.1) is 13.8 Å². The number of benzene rings is 2. The molecule has 1 atom stereocenters. The van der Waals surface area contributed by atoms with Gasteiger partial charge in [-0.2, -0.15) is 0 Å². The molecule has 4 rings (SSSR count). The molecule has 1 saturated heterocycles. The Morgan fingerprint density at radius 3 is 2.83 bits per heavy atom. The lowest BCUT2D eigenvalue weighted by atomic mass is 10.1. The molecule has 0 spiro atoms. The number of anilines is 1. The quantitative estimate of drug-likeness (QED) is 0.571. The van der Waals surface area contributed by atoms with Gasteiger partial charge in [0.2, 0.25) is 0 Å². The van der Waals surface area contributed by atoms with Crippen molar-refractivity contribution in [3.05, 3.63) is 53.1 Å². The lowest BCUT2D eigenvalue weighted by Gasteiger charge is -2.39. The van der Waals surface area contributed by atoms with Gasteiger partial charge in [0.05, 0.1) is 10.2 Å². The van der Waals surface area contributed by atoms with E-state index in [0.29, 0.717) is 6.04 Å². The summed E-state index contributed by atoms with van der Waals surface area (Å²) in [5, 5.41) is 1.12. The summed E-state index contributed by atoms with van der Waals surface area (Å²) in [6.07, 6.45) is 0.784. The van der Waals surface area contributed by atoms with Gasteiger partial charge in [0.25, 0.3) is 0 Å². The van der Waals surface area contributed by atoms with E-state index in [2.05, 4.69) is 54.8 Å². The first-order valence-electron chi connectivity index (χ1n) is 10.0. The second kappa shape index (κ2) is 8.51. The Balaban J connectivity index is 1.43. The Morgan fingerprint density at radius 1 is 1.17 bits per heavy atom. The van der Waals surface area contributed by atoms with Gasteiger partial charge >= 0.3 is 0 Å². The van der Waals surface area contributed by atoms with E-state index in [1.165, 1.54) is 15.8 Å². The van der Waals surface area contributed by atoms with Gasteiger partial charge in [-0.1, -0.05) is 23.5 Å². The van der Waals surface area contributed by atoms with Crippen molar-refractivity contribution in [2.45, 2.75) is 33.4 Å². The molecule has 1 aliphatic rings. The monoisotopic (exact) mass is 409 g/mol. The molecule has 1 fully saturated rings. The lowest BCUT2D eigenvalue weighted by molar-refractivity contribution is -0.109. The first-order valence-corrected chi connectivity index (χ1v) is 10.9. The average Bonchev–Trinajstić information content (AvgIpc) is 3.08. The van der Waals surface area contributed by atoms with Gasteiger partial charge in [0.1, 0.15) is 12.4 Å². The fraction of sp³-hybridized carbons (Fsp3) is 0.391.